The summed E-state index contributed by atoms with van der Waals surface area (Å²) in [5.74, 6) is -0.0940. The third kappa shape index (κ3) is 4.38. The maximum absolute atomic E-state index is 12.1. The Bertz CT molecular complexity index is 680. The summed E-state index contributed by atoms with van der Waals surface area (Å²) in [6.07, 6.45) is 5.22. The first-order valence-corrected chi connectivity index (χ1v) is 7.30. The van der Waals surface area contributed by atoms with Crippen LogP contribution >= 0.6 is 0 Å². The molecule has 0 aliphatic rings. The molecule has 122 valence electrons. The van der Waals surface area contributed by atoms with Crippen molar-refractivity contribution in [3.8, 4) is 11.5 Å². The molecular weight excluding hydrogens is 296 g/mol. The van der Waals surface area contributed by atoms with Crippen molar-refractivity contribution < 1.29 is 14.3 Å². The molecule has 0 radical (unpaired) electrons. The number of carbonyl (C=O) groups excluding carboxylic acids is 2. The molecule has 1 N–H and O–H groups in total. The van der Waals surface area contributed by atoms with Crippen LogP contribution in [0, 0.1) is 0 Å². The highest BCUT2D eigenvalue weighted by atomic mass is 16.6. The summed E-state index contributed by atoms with van der Waals surface area (Å²) < 4.78 is 6.90. The quantitative estimate of drug-likeness (QED) is 0.814. The number of pyridine rings is 1. The van der Waals surface area contributed by atoms with Crippen LogP contribution in [0.3, 0.4) is 0 Å². The average molecular weight is 316 g/mol. The number of nitrogens with zero attached hydrogens (tertiary/aromatic N) is 3. The van der Waals surface area contributed by atoms with E-state index in [4.69, 9.17) is 4.74 Å². The lowest BCUT2D eigenvalue weighted by Crippen LogP contribution is -2.46. The SMILES string of the molecule is CC(=O)OC(C)(C)C(=O)NCCn1ccnc1-c1ccccn1. The van der Waals surface area contributed by atoms with Crippen molar-refractivity contribution in [1.82, 2.24) is 19.9 Å². The van der Waals surface area contributed by atoms with E-state index in [0.29, 0.717) is 13.1 Å². The number of nitrogens with one attached hydrogen (secondary N) is 1. The Labute approximate surface area is 134 Å². The first-order chi connectivity index (χ1) is 10.9. The molecule has 0 fully saturated rings. The average Bonchev–Trinajstić information content (AvgIpc) is 2.95. The van der Waals surface area contributed by atoms with Crippen molar-refractivity contribution in [2.75, 3.05) is 6.54 Å². The number of hydrogen-bond donors (Lipinski definition) is 1. The smallest absolute Gasteiger partial charge is 0.303 e. The van der Waals surface area contributed by atoms with Gasteiger partial charge in [-0.15, -0.1) is 0 Å². The maximum atomic E-state index is 12.1. The Morgan fingerprint density at radius 2 is 2.04 bits per heavy atom. The molecule has 0 bridgehead atoms. The number of aromatic nitrogens is 3. The minimum Gasteiger partial charge on any atom is -0.450 e. The van der Waals surface area contributed by atoms with E-state index in [9.17, 15) is 9.59 Å². The van der Waals surface area contributed by atoms with E-state index in [1.807, 2.05) is 29.0 Å². The maximum Gasteiger partial charge on any atom is 0.303 e. The summed E-state index contributed by atoms with van der Waals surface area (Å²) in [6, 6.07) is 5.61. The molecule has 0 spiro atoms. The van der Waals surface area contributed by atoms with Gasteiger partial charge in [-0.25, -0.2) is 4.98 Å². The van der Waals surface area contributed by atoms with Crippen LogP contribution in [-0.2, 0) is 20.9 Å². The van der Waals surface area contributed by atoms with Crippen LogP contribution in [0.25, 0.3) is 11.5 Å². The van der Waals surface area contributed by atoms with Crippen molar-refractivity contribution in [2.24, 2.45) is 0 Å². The summed E-state index contributed by atoms with van der Waals surface area (Å²) in [7, 11) is 0. The van der Waals surface area contributed by atoms with Crippen LogP contribution in [0.2, 0.25) is 0 Å². The van der Waals surface area contributed by atoms with Gasteiger partial charge >= 0.3 is 5.97 Å². The Kier molecular flexibility index (Phi) is 5.10. The minimum atomic E-state index is -1.19. The zero-order valence-electron chi connectivity index (χ0n) is 13.4. The van der Waals surface area contributed by atoms with Crippen LogP contribution in [0.4, 0.5) is 0 Å². The minimum absolute atomic E-state index is 0.341. The van der Waals surface area contributed by atoms with Gasteiger partial charge in [0.15, 0.2) is 11.4 Å². The molecule has 0 unspecified atom stereocenters. The molecule has 23 heavy (non-hydrogen) atoms. The molecule has 0 saturated carbocycles. The van der Waals surface area contributed by atoms with E-state index in [-0.39, 0.29) is 5.91 Å². The lowest BCUT2D eigenvalue weighted by atomic mass is 10.1. The second-order valence-electron chi connectivity index (χ2n) is 5.52. The molecular formula is C16H20N4O3. The third-order valence-electron chi connectivity index (χ3n) is 3.19. The van der Waals surface area contributed by atoms with Crippen molar-refractivity contribution in [3.63, 3.8) is 0 Å². The number of carbonyl (C=O) groups is 2. The van der Waals surface area contributed by atoms with Crippen molar-refractivity contribution in [2.45, 2.75) is 32.9 Å². The van der Waals surface area contributed by atoms with E-state index in [1.165, 1.54) is 6.92 Å². The summed E-state index contributed by atoms with van der Waals surface area (Å²) >= 11 is 0. The van der Waals surface area contributed by atoms with Gasteiger partial charge < -0.3 is 14.6 Å². The van der Waals surface area contributed by atoms with E-state index < -0.39 is 11.6 Å². The van der Waals surface area contributed by atoms with Crippen LogP contribution in [0.5, 0.6) is 0 Å². The monoisotopic (exact) mass is 316 g/mol. The van der Waals surface area contributed by atoms with Gasteiger partial charge in [0.1, 0.15) is 5.69 Å². The molecule has 2 aromatic rings. The third-order valence-corrected chi connectivity index (χ3v) is 3.19. The molecule has 7 heteroatoms. The van der Waals surface area contributed by atoms with E-state index in [2.05, 4.69) is 15.3 Å². The lowest BCUT2D eigenvalue weighted by molar-refractivity contribution is -0.162. The molecule has 0 aliphatic carbocycles. The molecule has 0 saturated heterocycles. The van der Waals surface area contributed by atoms with Gasteiger partial charge in [0.25, 0.3) is 5.91 Å². The fourth-order valence-electron chi connectivity index (χ4n) is 2.13. The molecule has 2 heterocycles. The van der Waals surface area contributed by atoms with E-state index >= 15 is 0 Å². The van der Waals surface area contributed by atoms with Gasteiger partial charge in [0.2, 0.25) is 0 Å². The van der Waals surface area contributed by atoms with Gasteiger partial charge in [-0.1, -0.05) is 6.07 Å². The largest absolute Gasteiger partial charge is 0.450 e. The highest BCUT2D eigenvalue weighted by molar-refractivity contribution is 5.86. The van der Waals surface area contributed by atoms with Gasteiger partial charge in [-0.05, 0) is 26.0 Å². The first-order valence-electron chi connectivity index (χ1n) is 7.30. The highest BCUT2D eigenvalue weighted by Crippen LogP contribution is 2.13. The standard InChI is InChI=1S/C16H20N4O3/c1-12(21)23-16(2,3)15(22)19-9-11-20-10-8-18-14(20)13-6-4-5-7-17-13/h4-8,10H,9,11H2,1-3H3,(H,19,22). The number of ether oxygens (including phenoxy) is 1. The first kappa shape index (κ1) is 16.7. The molecule has 0 aliphatic heterocycles. The van der Waals surface area contributed by atoms with E-state index in [0.717, 1.165) is 11.5 Å². The van der Waals surface area contributed by atoms with Crippen LogP contribution in [0.15, 0.2) is 36.8 Å². The van der Waals surface area contributed by atoms with Crippen LogP contribution < -0.4 is 5.32 Å². The second-order valence-corrected chi connectivity index (χ2v) is 5.52. The second kappa shape index (κ2) is 7.04. The highest BCUT2D eigenvalue weighted by Gasteiger charge is 2.30. The van der Waals surface area contributed by atoms with Crippen molar-refractivity contribution >= 4 is 11.9 Å². The number of amides is 1. The predicted molar refractivity (Wildman–Crippen MR) is 84.3 cm³/mol. The van der Waals surface area contributed by atoms with Crippen molar-refractivity contribution in [3.05, 3.63) is 36.8 Å². The normalized spacial score (nSPS) is 11.1. The molecule has 2 rings (SSSR count). The summed E-state index contributed by atoms with van der Waals surface area (Å²) in [5.41, 5.74) is -0.422. The van der Waals surface area contributed by atoms with Gasteiger partial charge in [-0.2, -0.15) is 0 Å². The zero-order chi connectivity index (χ0) is 16.9. The lowest BCUT2D eigenvalue weighted by Gasteiger charge is -2.23. The number of imidazole rings is 1. The fraction of sp³-hybridized carbons (Fsp3) is 0.375. The number of rotatable bonds is 6. The van der Waals surface area contributed by atoms with Gasteiger partial charge in [0, 0.05) is 38.6 Å². The predicted octanol–water partition coefficient (Wildman–Crippen LogP) is 1.40. The Hall–Kier alpha value is -2.70. The fourth-order valence-corrected chi connectivity index (χ4v) is 2.13. The zero-order valence-corrected chi connectivity index (χ0v) is 13.4. The molecule has 0 atom stereocenters. The van der Waals surface area contributed by atoms with E-state index in [1.54, 1.807) is 26.2 Å². The molecule has 1 amide bonds. The Morgan fingerprint density at radius 1 is 1.26 bits per heavy atom. The van der Waals surface area contributed by atoms with Crippen LogP contribution in [0.1, 0.15) is 20.8 Å². The molecule has 0 aromatic carbocycles. The van der Waals surface area contributed by atoms with Crippen molar-refractivity contribution in [1.29, 1.82) is 0 Å². The van der Waals surface area contributed by atoms with Gasteiger partial charge in [0.05, 0.1) is 0 Å². The topological polar surface area (TPSA) is 86.1 Å². The molecule has 7 nitrogen and oxygen atoms in total. The summed E-state index contributed by atoms with van der Waals surface area (Å²) in [4.78, 5) is 31.6. The summed E-state index contributed by atoms with van der Waals surface area (Å²) in [5, 5.41) is 2.76. The number of hydrogen-bond acceptors (Lipinski definition) is 5. The summed E-state index contributed by atoms with van der Waals surface area (Å²) in [6.45, 7) is 5.31. The Morgan fingerprint density at radius 3 is 2.70 bits per heavy atom. The number of esters is 1. The Balaban J connectivity index is 1.94. The van der Waals surface area contributed by atoms with Crippen LogP contribution in [-0.4, -0.2) is 38.6 Å². The molecule has 2 aromatic heterocycles. The van der Waals surface area contributed by atoms with Gasteiger partial charge in [-0.3, -0.25) is 14.6 Å².